The Balaban J connectivity index is 1.66. The summed E-state index contributed by atoms with van der Waals surface area (Å²) in [5.74, 6) is -0.412. The lowest BCUT2D eigenvalue weighted by Crippen LogP contribution is -2.38. The second-order valence-electron chi connectivity index (χ2n) is 7.78. The van der Waals surface area contributed by atoms with E-state index < -0.39 is 5.91 Å². The summed E-state index contributed by atoms with van der Waals surface area (Å²) >= 11 is 0. The van der Waals surface area contributed by atoms with Crippen molar-refractivity contribution in [3.8, 4) is 0 Å². The Bertz CT molecular complexity index is 1420. The van der Waals surface area contributed by atoms with E-state index in [2.05, 4.69) is 15.3 Å². The highest BCUT2D eigenvalue weighted by Gasteiger charge is 2.20. The van der Waals surface area contributed by atoms with Crippen LogP contribution in [0.3, 0.4) is 0 Å². The Morgan fingerprint density at radius 3 is 2.97 bits per heavy atom. The molecule has 5 heterocycles. The minimum atomic E-state index is -0.412. The zero-order valence-corrected chi connectivity index (χ0v) is 17.3. The van der Waals surface area contributed by atoms with Crippen LogP contribution in [0.25, 0.3) is 16.7 Å². The molecule has 1 amide bonds. The molecule has 0 radical (unpaired) electrons. The molecule has 1 saturated heterocycles. The standard InChI is InChI=1S/C23H22N6O3/c24-20-17(22(30)26-13-16-6-4-10-32-16)11-18-21(29(20)14-15-5-3-8-25-12-15)27-19-7-1-2-9-28(19)23(18)31/h1-3,5,7-9,11-12,16,24H,4,6,10,13-14H2,(H,26,30)/t16-/m1/s1. The van der Waals surface area contributed by atoms with Gasteiger partial charge in [-0.1, -0.05) is 12.1 Å². The number of nitrogens with zero attached hydrogens (tertiary/aromatic N) is 4. The van der Waals surface area contributed by atoms with Gasteiger partial charge in [-0.25, -0.2) is 4.98 Å². The molecule has 0 saturated carbocycles. The monoisotopic (exact) mass is 430 g/mol. The summed E-state index contributed by atoms with van der Waals surface area (Å²) in [7, 11) is 0. The molecule has 0 aliphatic carbocycles. The van der Waals surface area contributed by atoms with Gasteiger partial charge in [-0.2, -0.15) is 0 Å². The summed E-state index contributed by atoms with van der Waals surface area (Å²) in [6.45, 7) is 1.32. The van der Waals surface area contributed by atoms with Gasteiger partial charge in [0.15, 0.2) is 0 Å². The number of amides is 1. The zero-order chi connectivity index (χ0) is 22.1. The van der Waals surface area contributed by atoms with Gasteiger partial charge >= 0.3 is 0 Å². The van der Waals surface area contributed by atoms with Crippen LogP contribution >= 0.6 is 0 Å². The predicted molar refractivity (Wildman–Crippen MR) is 117 cm³/mol. The number of fused-ring (bicyclic) bond motifs is 2. The Morgan fingerprint density at radius 2 is 2.19 bits per heavy atom. The van der Waals surface area contributed by atoms with Crippen LogP contribution < -0.4 is 16.4 Å². The smallest absolute Gasteiger partial charge is 0.267 e. The fraction of sp³-hybridized carbons (Fsp3) is 0.261. The first kappa shape index (κ1) is 20.1. The van der Waals surface area contributed by atoms with Crippen molar-refractivity contribution >= 4 is 22.6 Å². The van der Waals surface area contributed by atoms with E-state index in [0.29, 0.717) is 24.4 Å². The molecule has 0 spiro atoms. The number of hydrogen-bond donors (Lipinski definition) is 2. The summed E-state index contributed by atoms with van der Waals surface area (Å²) in [6.07, 6.45) is 6.84. The first-order chi connectivity index (χ1) is 15.6. The third-order valence-electron chi connectivity index (χ3n) is 5.64. The van der Waals surface area contributed by atoms with E-state index in [9.17, 15) is 9.59 Å². The molecule has 1 atom stereocenters. The van der Waals surface area contributed by atoms with Crippen LogP contribution in [0.15, 0.2) is 59.8 Å². The largest absolute Gasteiger partial charge is 0.376 e. The van der Waals surface area contributed by atoms with Gasteiger partial charge < -0.3 is 14.6 Å². The zero-order valence-electron chi connectivity index (χ0n) is 17.3. The fourth-order valence-electron chi connectivity index (χ4n) is 4.00. The van der Waals surface area contributed by atoms with E-state index in [0.717, 1.165) is 18.4 Å². The average molecular weight is 430 g/mol. The number of ether oxygens (including phenoxy) is 1. The molecule has 0 aromatic carbocycles. The van der Waals surface area contributed by atoms with Gasteiger partial charge in [0.25, 0.3) is 11.5 Å². The van der Waals surface area contributed by atoms with Crippen molar-refractivity contribution in [2.24, 2.45) is 0 Å². The minimum Gasteiger partial charge on any atom is -0.376 e. The summed E-state index contributed by atoms with van der Waals surface area (Å²) in [5, 5.41) is 11.9. The quantitative estimate of drug-likeness (QED) is 0.466. The van der Waals surface area contributed by atoms with E-state index in [1.165, 1.54) is 10.5 Å². The minimum absolute atomic E-state index is 0.0154. The lowest BCUT2D eigenvalue weighted by atomic mass is 10.1. The van der Waals surface area contributed by atoms with Crippen LogP contribution in [0, 0.1) is 5.41 Å². The Labute approximate surface area is 182 Å². The number of hydrogen-bond acceptors (Lipinski definition) is 6. The molecule has 9 heteroatoms. The summed E-state index contributed by atoms with van der Waals surface area (Å²) in [4.78, 5) is 35.0. The first-order valence-corrected chi connectivity index (χ1v) is 10.5. The Hall–Kier alpha value is -3.85. The molecular weight excluding hydrogens is 408 g/mol. The topological polar surface area (TPSA) is 114 Å². The van der Waals surface area contributed by atoms with E-state index >= 15 is 0 Å². The van der Waals surface area contributed by atoms with Crippen LogP contribution in [0.5, 0.6) is 0 Å². The lowest BCUT2D eigenvalue weighted by Gasteiger charge is -2.15. The molecule has 4 aromatic rings. The molecule has 4 aromatic heterocycles. The third kappa shape index (κ3) is 3.67. The van der Waals surface area contributed by atoms with Crippen LogP contribution in [-0.4, -0.2) is 44.1 Å². The number of nitrogens with one attached hydrogen (secondary N) is 2. The molecule has 9 nitrogen and oxygen atoms in total. The van der Waals surface area contributed by atoms with Gasteiger partial charge in [-0.05, 0) is 42.7 Å². The van der Waals surface area contributed by atoms with Gasteiger partial charge in [0.05, 0.1) is 23.6 Å². The van der Waals surface area contributed by atoms with Crippen molar-refractivity contribution in [3.05, 3.63) is 82.0 Å². The van der Waals surface area contributed by atoms with Crippen LogP contribution in [0.2, 0.25) is 0 Å². The fourth-order valence-corrected chi connectivity index (χ4v) is 4.00. The highest BCUT2D eigenvalue weighted by atomic mass is 16.5. The molecule has 2 N–H and O–H groups in total. The van der Waals surface area contributed by atoms with Gasteiger partial charge in [0.1, 0.15) is 16.8 Å². The number of pyridine rings is 3. The van der Waals surface area contributed by atoms with Crippen LogP contribution in [0.1, 0.15) is 28.8 Å². The lowest BCUT2D eigenvalue weighted by molar-refractivity contribution is 0.0856. The highest BCUT2D eigenvalue weighted by molar-refractivity contribution is 5.96. The van der Waals surface area contributed by atoms with Crippen molar-refractivity contribution in [1.82, 2.24) is 24.3 Å². The number of carbonyl (C=O) groups is 1. The summed E-state index contributed by atoms with van der Waals surface area (Å²) < 4.78 is 8.60. The molecular formula is C23H22N6O3. The van der Waals surface area contributed by atoms with Gasteiger partial charge in [-0.3, -0.25) is 24.4 Å². The van der Waals surface area contributed by atoms with Crippen molar-refractivity contribution in [2.75, 3.05) is 13.2 Å². The number of rotatable bonds is 5. The van der Waals surface area contributed by atoms with Crippen LogP contribution in [0.4, 0.5) is 0 Å². The van der Waals surface area contributed by atoms with Crippen molar-refractivity contribution in [2.45, 2.75) is 25.5 Å². The normalized spacial score (nSPS) is 15.9. The average Bonchev–Trinajstić information content (AvgIpc) is 3.34. The van der Waals surface area contributed by atoms with E-state index in [1.807, 2.05) is 6.07 Å². The van der Waals surface area contributed by atoms with Gasteiger partial charge in [0.2, 0.25) is 0 Å². The maximum absolute atomic E-state index is 13.2. The van der Waals surface area contributed by atoms with Crippen LogP contribution in [-0.2, 0) is 11.3 Å². The maximum atomic E-state index is 13.2. The predicted octanol–water partition coefficient (Wildman–Crippen LogP) is 1.48. The molecule has 0 bridgehead atoms. The number of aromatic nitrogens is 4. The first-order valence-electron chi connectivity index (χ1n) is 10.5. The SMILES string of the molecule is N=c1c(C(=O)NC[C@H]2CCCO2)cc2c(=O)n3ccccc3nc2n1Cc1cccnc1. The van der Waals surface area contributed by atoms with Gasteiger partial charge in [0, 0.05) is 31.7 Å². The molecule has 1 fully saturated rings. The van der Waals surface area contributed by atoms with Gasteiger partial charge in [-0.15, -0.1) is 0 Å². The maximum Gasteiger partial charge on any atom is 0.267 e. The summed E-state index contributed by atoms with van der Waals surface area (Å²) in [5.41, 5.74) is 1.47. The van der Waals surface area contributed by atoms with E-state index in [-0.39, 0.29) is 34.6 Å². The Morgan fingerprint density at radius 1 is 1.28 bits per heavy atom. The van der Waals surface area contributed by atoms with E-state index in [4.69, 9.17) is 10.1 Å². The van der Waals surface area contributed by atoms with Crippen molar-refractivity contribution < 1.29 is 9.53 Å². The Kier molecular flexibility index (Phi) is 5.24. The van der Waals surface area contributed by atoms with E-state index in [1.54, 1.807) is 47.4 Å². The molecule has 0 unspecified atom stereocenters. The second kappa shape index (κ2) is 8.35. The molecule has 1 aliphatic rings. The highest BCUT2D eigenvalue weighted by Crippen LogP contribution is 2.13. The molecule has 162 valence electrons. The molecule has 32 heavy (non-hydrogen) atoms. The molecule has 5 rings (SSSR count). The van der Waals surface area contributed by atoms with Crippen molar-refractivity contribution in [1.29, 1.82) is 5.41 Å². The number of carbonyl (C=O) groups excluding carboxylic acids is 1. The third-order valence-corrected chi connectivity index (χ3v) is 5.64. The molecule has 1 aliphatic heterocycles. The van der Waals surface area contributed by atoms with Crippen molar-refractivity contribution in [3.63, 3.8) is 0 Å². The second-order valence-corrected chi connectivity index (χ2v) is 7.78. The summed E-state index contributed by atoms with van der Waals surface area (Å²) in [6, 6.07) is 10.4.